The third-order valence-corrected chi connectivity index (χ3v) is 3.99. The van der Waals surface area contributed by atoms with Crippen molar-refractivity contribution < 1.29 is 5.11 Å². The van der Waals surface area contributed by atoms with Gasteiger partial charge in [0.2, 0.25) is 0 Å². The van der Waals surface area contributed by atoms with Gasteiger partial charge in [0.25, 0.3) is 0 Å². The summed E-state index contributed by atoms with van der Waals surface area (Å²) in [4.78, 5) is 2.26. The summed E-state index contributed by atoms with van der Waals surface area (Å²) >= 11 is 0. The quantitative estimate of drug-likeness (QED) is 0.808. The van der Waals surface area contributed by atoms with Gasteiger partial charge in [0.1, 0.15) is 5.75 Å². The number of unbranched alkanes of at least 4 members (excludes halogenated alkanes) is 1. The van der Waals surface area contributed by atoms with E-state index < -0.39 is 0 Å². The average molecular weight is 247 g/mol. The Labute approximate surface area is 111 Å². The molecule has 0 saturated heterocycles. The number of aryl methyl sites for hydroxylation is 1. The summed E-state index contributed by atoms with van der Waals surface area (Å²) < 4.78 is 0. The van der Waals surface area contributed by atoms with Crippen LogP contribution >= 0.6 is 0 Å². The molecule has 1 N–H and O–H groups in total. The van der Waals surface area contributed by atoms with Gasteiger partial charge in [-0.2, -0.15) is 0 Å². The van der Waals surface area contributed by atoms with Crippen molar-refractivity contribution in [3.05, 3.63) is 29.3 Å². The fourth-order valence-corrected chi connectivity index (χ4v) is 2.92. The molecule has 0 heterocycles. The molecule has 0 bridgehead atoms. The van der Waals surface area contributed by atoms with Gasteiger partial charge in [-0.25, -0.2) is 0 Å². The Bertz CT molecular complexity index is 387. The first-order valence-corrected chi connectivity index (χ1v) is 7.10. The second kappa shape index (κ2) is 6.24. The molecule has 0 spiro atoms. The highest BCUT2D eigenvalue weighted by Gasteiger charge is 2.18. The van der Waals surface area contributed by atoms with E-state index in [4.69, 9.17) is 0 Å². The predicted molar refractivity (Wildman–Crippen MR) is 76.0 cm³/mol. The predicted octanol–water partition coefficient (Wildman–Crippen LogP) is 3.23. The SMILES string of the molecule is CN(C)CCCCC1CCc2cc(O)ccc2C1. The lowest BCUT2D eigenvalue weighted by atomic mass is 9.81. The minimum Gasteiger partial charge on any atom is -0.508 e. The van der Waals surface area contributed by atoms with Gasteiger partial charge in [0.15, 0.2) is 0 Å². The summed E-state index contributed by atoms with van der Waals surface area (Å²) in [6.45, 7) is 1.21. The maximum Gasteiger partial charge on any atom is 0.115 e. The Morgan fingerprint density at radius 2 is 2.06 bits per heavy atom. The molecule has 0 radical (unpaired) electrons. The van der Waals surface area contributed by atoms with Crippen LogP contribution in [-0.4, -0.2) is 30.6 Å². The van der Waals surface area contributed by atoms with Crippen molar-refractivity contribution in [2.45, 2.75) is 38.5 Å². The number of rotatable bonds is 5. The van der Waals surface area contributed by atoms with E-state index in [1.807, 2.05) is 12.1 Å². The van der Waals surface area contributed by atoms with Crippen LogP contribution in [0.25, 0.3) is 0 Å². The molecule has 0 aromatic heterocycles. The Morgan fingerprint density at radius 1 is 1.22 bits per heavy atom. The number of benzene rings is 1. The van der Waals surface area contributed by atoms with Crippen LogP contribution in [0.2, 0.25) is 0 Å². The van der Waals surface area contributed by atoms with Gasteiger partial charge in [-0.15, -0.1) is 0 Å². The zero-order valence-corrected chi connectivity index (χ0v) is 11.7. The van der Waals surface area contributed by atoms with Crippen LogP contribution in [-0.2, 0) is 12.8 Å². The van der Waals surface area contributed by atoms with Gasteiger partial charge in [-0.1, -0.05) is 18.9 Å². The zero-order valence-electron chi connectivity index (χ0n) is 11.7. The van der Waals surface area contributed by atoms with Crippen molar-refractivity contribution in [3.8, 4) is 5.75 Å². The summed E-state index contributed by atoms with van der Waals surface area (Å²) in [5, 5.41) is 9.47. The molecule has 2 rings (SSSR count). The summed E-state index contributed by atoms with van der Waals surface area (Å²) in [6.07, 6.45) is 7.65. The van der Waals surface area contributed by atoms with Crippen LogP contribution in [0.3, 0.4) is 0 Å². The van der Waals surface area contributed by atoms with Crippen molar-refractivity contribution in [1.29, 1.82) is 0 Å². The smallest absolute Gasteiger partial charge is 0.115 e. The van der Waals surface area contributed by atoms with Crippen molar-refractivity contribution in [1.82, 2.24) is 4.90 Å². The highest BCUT2D eigenvalue weighted by atomic mass is 16.3. The molecule has 100 valence electrons. The Balaban J connectivity index is 1.79. The molecule has 1 unspecified atom stereocenters. The maximum atomic E-state index is 9.47. The monoisotopic (exact) mass is 247 g/mol. The molecule has 0 amide bonds. The van der Waals surface area contributed by atoms with E-state index in [0.29, 0.717) is 5.75 Å². The van der Waals surface area contributed by atoms with Crippen LogP contribution in [0.15, 0.2) is 18.2 Å². The maximum absolute atomic E-state index is 9.47. The number of aromatic hydroxyl groups is 1. The molecule has 1 atom stereocenters. The highest BCUT2D eigenvalue weighted by Crippen LogP contribution is 2.30. The van der Waals surface area contributed by atoms with E-state index in [-0.39, 0.29) is 0 Å². The molecule has 0 aliphatic heterocycles. The number of phenols is 1. The van der Waals surface area contributed by atoms with E-state index in [9.17, 15) is 5.11 Å². The fourth-order valence-electron chi connectivity index (χ4n) is 2.92. The van der Waals surface area contributed by atoms with Crippen LogP contribution in [0, 0.1) is 5.92 Å². The van der Waals surface area contributed by atoms with Crippen molar-refractivity contribution >= 4 is 0 Å². The molecule has 18 heavy (non-hydrogen) atoms. The van der Waals surface area contributed by atoms with Gasteiger partial charge in [-0.05, 0) is 75.5 Å². The molecular formula is C16H25NO. The number of phenolic OH excluding ortho intramolecular Hbond substituents is 1. The van der Waals surface area contributed by atoms with Crippen LogP contribution in [0.4, 0.5) is 0 Å². The van der Waals surface area contributed by atoms with Crippen molar-refractivity contribution in [3.63, 3.8) is 0 Å². The van der Waals surface area contributed by atoms with Crippen LogP contribution in [0.1, 0.15) is 36.8 Å². The second-order valence-corrected chi connectivity index (χ2v) is 5.86. The Kier molecular flexibility index (Phi) is 4.65. The minimum atomic E-state index is 0.415. The zero-order chi connectivity index (χ0) is 13.0. The molecule has 2 nitrogen and oxygen atoms in total. The third-order valence-electron chi connectivity index (χ3n) is 3.99. The highest BCUT2D eigenvalue weighted by molar-refractivity contribution is 5.36. The van der Waals surface area contributed by atoms with Crippen LogP contribution < -0.4 is 0 Å². The van der Waals surface area contributed by atoms with E-state index in [2.05, 4.69) is 25.1 Å². The minimum absolute atomic E-state index is 0.415. The average Bonchev–Trinajstić information content (AvgIpc) is 2.34. The molecule has 2 heteroatoms. The fraction of sp³-hybridized carbons (Fsp3) is 0.625. The number of nitrogens with zero attached hydrogens (tertiary/aromatic N) is 1. The molecule has 0 fully saturated rings. The lowest BCUT2D eigenvalue weighted by Crippen LogP contribution is -2.16. The normalized spacial score (nSPS) is 18.9. The van der Waals surface area contributed by atoms with Gasteiger partial charge < -0.3 is 10.0 Å². The van der Waals surface area contributed by atoms with Crippen molar-refractivity contribution in [2.24, 2.45) is 5.92 Å². The first-order valence-electron chi connectivity index (χ1n) is 7.10. The van der Waals surface area contributed by atoms with E-state index in [1.165, 1.54) is 49.8 Å². The summed E-state index contributed by atoms with van der Waals surface area (Å²) in [6, 6.07) is 5.88. The van der Waals surface area contributed by atoms with Gasteiger partial charge in [0, 0.05) is 0 Å². The first-order chi connectivity index (χ1) is 8.65. The summed E-state index contributed by atoms with van der Waals surface area (Å²) in [7, 11) is 4.28. The lowest BCUT2D eigenvalue weighted by Gasteiger charge is -2.24. The summed E-state index contributed by atoms with van der Waals surface area (Å²) in [5.41, 5.74) is 2.82. The molecule has 1 aromatic carbocycles. The topological polar surface area (TPSA) is 23.5 Å². The molecular weight excluding hydrogens is 222 g/mol. The van der Waals surface area contributed by atoms with E-state index >= 15 is 0 Å². The molecule has 1 aromatic rings. The Hall–Kier alpha value is -1.02. The van der Waals surface area contributed by atoms with E-state index in [1.54, 1.807) is 0 Å². The van der Waals surface area contributed by atoms with Crippen molar-refractivity contribution in [2.75, 3.05) is 20.6 Å². The molecule has 1 aliphatic rings. The van der Waals surface area contributed by atoms with E-state index in [0.717, 1.165) is 12.3 Å². The first kappa shape index (κ1) is 13.4. The molecule has 1 aliphatic carbocycles. The standard InChI is InChI=1S/C16H25NO/c1-17(2)10-4-3-5-13-6-7-15-12-16(18)9-8-14(15)11-13/h8-9,12-13,18H,3-7,10-11H2,1-2H3. The van der Waals surface area contributed by atoms with Crippen LogP contribution in [0.5, 0.6) is 5.75 Å². The number of fused-ring (bicyclic) bond motifs is 1. The molecule has 0 saturated carbocycles. The largest absolute Gasteiger partial charge is 0.508 e. The van der Waals surface area contributed by atoms with Gasteiger partial charge >= 0.3 is 0 Å². The van der Waals surface area contributed by atoms with Gasteiger partial charge in [-0.3, -0.25) is 0 Å². The summed E-state index contributed by atoms with van der Waals surface area (Å²) in [5.74, 6) is 1.27. The lowest BCUT2D eigenvalue weighted by molar-refractivity contribution is 0.361. The van der Waals surface area contributed by atoms with Gasteiger partial charge in [0.05, 0.1) is 0 Å². The number of hydrogen-bond donors (Lipinski definition) is 1. The second-order valence-electron chi connectivity index (χ2n) is 5.86. The Morgan fingerprint density at radius 3 is 2.83 bits per heavy atom. The number of hydrogen-bond acceptors (Lipinski definition) is 2. The third kappa shape index (κ3) is 3.74.